The van der Waals surface area contributed by atoms with Crippen molar-refractivity contribution in [2.45, 2.75) is 12.6 Å². The summed E-state index contributed by atoms with van der Waals surface area (Å²) < 4.78 is 43.7. The van der Waals surface area contributed by atoms with E-state index in [9.17, 15) is 18.0 Å². The molecule has 19 heavy (non-hydrogen) atoms. The molecule has 1 aromatic heterocycles. The summed E-state index contributed by atoms with van der Waals surface area (Å²) in [7, 11) is 0. The molecule has 0 saturated carbocycles. The highest BCUT2D eigenvalue weighted by Gasteiger charge is 2.35. The fourth-order valence-corrected chi connectivity index (χ4v) is 2.03. The van der Waals surface area contributed by atoms with E-state index in [4.69, 9.17) is 4.42 Å². The lowest BCUT2D eigenvalue weighted by Gasteiger charge is -2.12. The van der Waals surface area contributed by atoms with Crippen molar-refractivity contribution in [3.63, 3.8) is 0 Å². The molecule has 6 heteroatoms. The van der Waals surface area contributed by atoms with Gasteiger partial charge in [-0.15, -0.1) is 0 Å². The molecule has 1 heterocycles. The fraction of sp³-hybridized carbons (Fsp3) is 0.154. The van der Waals surface area contributed by atoms with Gasteiger partial charge in [0.2, 0.25) is 0 Å². The van der Waals surface area contributed by atoms with Crippen LogP contribution in [0.4, 0.5) is 13.2 Å². The second kappa shape index (κ2) is 5.21. The lowest BCUT2D eigenvalue weighted by molar-refractivity contribution is -0.138. The predicted octanol–water partition coefficient (Wildman–Crippen LogP) is 4.49. The van der Waals surface area contributed by atoms with Crippen LogP contribution in [0.3, 0.4) is 0 Å². The van der Waals surface area contributed by atoms with Crippen LogP contribution in [-0.4, -0.2) is 5.78 Å². The molecule has 0 aliphatic heterocycles. The maximum atomic E-state index is 12.9. The van der Waals surface area contributed by atoms with Crippen molar-refractivity contribution in [1.82, 2.24) is 0 Å². The van der Waals surface area contributed by atoms with Gasteiger partial charge in [-0.3, -0.25) is 4.79 Å². The summed E-state index contributed by atoms with van der Waals surface area (Å²) in [4.78, 5) is 11.9. The third-order valence-corrected chi connectivity index (χ3v) is 3.03. The molecular weight excluding hydrogens is 325 g/mol. The first-order valence-corrected chi connectivity index (χ1v) is 6.08. The van der Waals surface area contributed by atoms with Gasteiger partial charge in [0.25, 0.3) is 0 Å². The minimum atomic E-state index is -4.56. The van der Waals surface area contributed by atoms with Gasteiger partial charge in [-0.2, -0.15) is 13.2 Å². The van der Waals surface area contributed by atoms with Crippen molar-refractivity contribution in [1.29, 1.82) is 0 Å². The molecule has 0 amide bonds. The number of halogens is 4. The highest BCUT2D eigenvalue weighted by atomic mass is 79.9. The van der Waals surface area contributed by atoms with Crippen molar-refractivity contribution in [3.05, 3.63) is 58.0 Å². The van der Waals surface area contributed by atoms with E-state index in [0.29, 0.717) is 5.56 Å². The monoisotopic (exact) mass is 332 g/mol. The quantitative estimate of drug-likeness (QED) is 0.775. The van der Waals surface area contributed by atoms with Gasteiger partial charge in [-0.05, 0) is 29.8 Å². The van der Waals surface area contributed by atoms with Gasteiger partial charge in [-0.1, -0.05) is 15.9 Å². The van der Waals surface area contributed by atoms with Gasteiger partial charge >= 0.3 is 6.18 Å². The van der Waals surface area contributed by atoms with Crippen LogP contribution in [0.1, 0.15) is 21.5 Å². The Balaban J connectivity index is 2.36. The smallest absolute Gasteiger partial charge is 0.417 e. The number of carbonyl (C=O) groups excluding carboxylic acids is 1. The zero-order chi connectivity index (χ0) is 14.0. The molecule has 0 atom stereocenters. The minimum Gasteiger partial charge on any atom is -0.472 e. The average molecular weight is 333 g/mol. The van der Waals surface area contributed by atoms with E-state index >= 15 is 0 Å². The summed E-state index contributed by atoms with van der Waals surface area (Å²) >= 11 is 2.97. The van der Waals surface area contributed by atoms with E-state index in [0.717, 1.165) is 6.07 Å². The topological polar surface area (TPSA) is 30.2 Å². The molecule has 0 bridgehead atoms. The van der Waals surface area contributed by atoms with Crippen molar-refractivity contribution >= 4 is 21.7 Å². The van der Waals surface area contributed by atoms with E-state index < -0.39 is 17.5 Å². The number of Topliss-reactive ketones (excluding diaryl/α,β-unsaturated/α-hetero) is 1. The van der Waals surface area contributed by atoms with Crippen LogP contribution in [0, 0.1) is 0 Å². The van der Waals surface area contributed by atoms with Gasteiger partial charge in [0.05, 0.1) is 18.1 Å². The molecule has 0 spiro atoms. The van der Waals surface area contributed by atoms with Crippen LogP contribution in [0.5, 0.6) is 0 Å². The van der Waals surface area contributed by atoms with Crippen LogP contribution < -0.4 is 0 Å². The molecule has 2 aromatic rings. The fourth-order valence-electron chi connectivity index (χ4n) is 1.67. The minimum absolute atomic E-state index is 0.124. The molecule has 0 unspecified atom stereocenters. The van der Waals surface area contributed by atoms with E-state index in [1.165, 1.54) is 24.7 Å². The largest absolute Gasteiger partial charge is 0.472 e. The zero-order valence-corrected chi connectivity index (χ0v) is 11.1. The number of carbonyl (C=O) groups is 1. The number of benzene rings is 1. The molecule has 0 N–H and O–H groups in total. The van der Waals surface area contributed by atoms with Crippen LogP contribution in [0.15, 0.2) is 45.7 Å². The number of ketones is 1. The summed E-state index contributed by atoms with van der Waals surface area (Å²) in [5, 5.41) is 0. The molecule has 2 rings (SSSR count). The highest BCUT2D eigenvalue weighted by molar-refractivity contribution is 9.10. The molecule has 0 aliphatic carbocycles. The first-order chi connectivity index (χ1) is 8.88. The van der Waals surface area contributed by atoms with E-state index in [1.54, 1.807) is 6.07 Å². The Morgan fingerprint density at radius 1 is 1.26 bits per heavy atom. The van der Waals surface area contributed by atoms with Gasteiger partial charge in [0.1, 0.15) is 0 Å². The standard InChI is InChI=1S/C13H8BrF3O2/c14-9-1-2-10(11(6-9)13(15,16)17)12(18)5-8-3-4-19-7-8/h1-4,6-7H,5H2. The SMILES string of the molecule is O=C(Cc1ccoc1)c1ccc(Br)cc1C(F)(F)F. The summed E-state index contributed by atoms with van der Waals surface area (Å²) in [5.41, 5.74) is -0.728. The summed E-state index contributed by atoms with van der Waals surface area (Å²) in [6.45, 7) is 0. The van der Waals surface area contributed by atoms with E-state index in [-0.39, 0.29) is 16.5 Å². The van der Waals surface area contributed by atoms with Crippen molar-refractivity contribution in [2.75, 3.05) is 0 Å². The maximum absolute atomic E-state index is 12.9. The van der Waals surface area contributed by atoms with Gasteiger partial charge in [-0.25, -0.2) is 0 Å². The number of alkyl halides is 3. The first kappa shape index (κ1) is 13.9. The molecule has 0 saturated heterocycles. The van der Waals surface area contributed by atoms with Gasteiger partial charge in [0.15, 0.2) is 5.78 Å². The lowest BCUT2D eigenvalue weighted by atomic mass is 9.99. The Morgan fingerprint density at radius 2 is 2.00 bits per heavy atom. The molecule has 1 aromatic carbocycles. The van der Waals surface area contributed by atoms with Crippen LogP contribution in [0.25, 0.3) is 0 Å². The molecule has 0 fully saturated rings. The highest BCUT2D eigenvalue weighted by Crippen LogP contribution is 2.34. The Bertz CT molecular complexity index is 588. The number of hydrogen-bond donors (Lipinski definition) is 0. The van der Waals surface area contributed by atoms with Crippen molar-refractivity contribution in [3.8, 4) is 0 Å². The van der Waals surface area contributed by atoms with Gasteiger partial charge in [0, 0.05) is 16.5 Å². The molecule has 0 aliphatic rings. The normalized spacial score (nSPS) is 11.6. The third kappa shape index (κ3) is 3.26. The Hall–Kier alpha value is -1.56. The second-order valence-electron chi connectivity index (χ2n) is 3.92. The number of furan rings is 1. The van der Waals surface area contributed by atoms with E-state index in [2.05, 4.69) is 15.9 Å². The van der Waals surface area contributed by atoms with Crippen molar-refractivity contribution in [2.24, 2.45) is 0 Å². The predicted molar refractivity (Wildman–Crippen MR) is 65.9 cm³/mol. The van der Waals surface area contributed by atoms with Crippen LogP contribution in [0.2, 0.25) is 0 Å². The first-order valence-electron chi connectivity index (χ1n) is 5.29. The molecular formula is C13H8BrF3O2. The molecule has 100 valence electrons. The summed E-state index contributed by atoms with van der Waals surface area (Å²) in [5.74, 6) is -0.596. The zero-order valence-electron chi connectivity index (χ0n) is 9.50. The Kier molecular flexibility index (Phi) is 3.80. The maximum Gasteiger partial charge on any atom is 0.417 e. The summed E-state index contributed by atoms with van der Waals surface area (Å²) in [6.07, 6.45) is -1.98. The third-order valence-electron chi connectivity index (χ3n) is 2.53. The number of rotatable bonds is 3. The molecule has 2 nitrogen and oxygen atoms in total. The summed E-state index contributed by atoms with van der Waals surface area (Å²) in [6, 6.07) is 5.04. The number of hydrogen-bond acceptors (Lipinski definition) is 2. The van der Waals surface area contributed by atoms with Crippen LogP contribution in [-0.2, 0) is 12.6 Å². The Labute approximate surface area is 115 Å². The van der Waals surface area contributed by atoms with E-state index in [1.807, 2.05) is 0 Å². The Morgan fingerprint density at radius 3 is 2.58 bits per heavy atom. The second-order valence-corrected chi connectivity index (χ2v) is 4.83. The lowest BCUT2D eigenvalue weighted by Crippen LogP contribution is -2.14. The van der Waals surface area contributed by atoms with Crippen molar-refractivity contribution < 1.29 is 22.4 Å². The average Bonchev–Trinajstić information content (AvgIpc) is 2.80. The molecule has 0 radical (unpaired) electrons. The van der Waals surface area contributed by atoms with Gasteiger partial charge < -0.3 is 4.42 Å². The van der Waals surface area contributed by atoms with Crippen LogP contribution >= 0.6 is 15.9 Å².